The van der Waals surface area contributed by atoms with Crippen molar-refractivity contribution in [2.75, 3.05) is 4.90 Å². The first-order valence-electron chi connectivity index (χ1n) is 20.0. The minimum atomic E-state index is 0.661. The average Bonchev–Trinajstić information content (AvgIpc) is 3.29. The highest BCUT2D eigenvalue weighted by atomic mass is 35.5. The summed E-state index contributed by atoms with van der Waals surface area (Å²) >= 11 is 15.2. The van der Waals surface area contributed by atoms with Gasteiger partial charge in [0.25, 0.3) is 0 Å². The fourth-order valence-corrected chi connectivity index (χ4v) is 9.86. The maximum Gasteiger partial charge on any atom is 0.0618 e. The number of hydrogen-bond acceptors (Lipinski definition) is 2. The van der Waals surface area contributed by atoms with Gasteiger partial charge in [0.1, 0.15) is 0 Å². The van der Waals surface area contributed by atoms with E-state index < -0.39 is 0 Å². The number of fused-ring (bicyclic) bond motifs is 2. The van der Waals surface area contributed by atoms with Crippen LogP contribution in [0.25, 0.3) is 66.1 Å². The topological polar surface area (TPSA) is 3.24 Å². The third-order valence-corrected chi connectivity index (χ3v) is 12.4. The summed E-state index contributed by atoms with van der Waals surface area (Å²) in [7, 11) is 0. The van der Waals surface area contributed by atoms with Gasteiger partial charge in [-0.3, -0.25) is 0 Å². The summed E-state index contributed by atoms with van der Waals surface area (Å²) in [6.45, 7) is 0. The van der Waals surface area contributed by atoms with E-state index in [4.69, 9.17) is 23.2 Å². The zero-order valence-corrected chi connectivity index (χ0v) is 34.8. The normalized spacial score (nSPS) is 11.2. The molecule has 0 saturated heterocycles. The molecule has 0 aromatic heterocycles. The minimum absolute atomic E-state index is 0.661. The Morgan fingerprint density at radius 1 is 0.317 bits per heavy atom. The van der Waals surface area contributed by atoms with E-state index in [9.17, 15) is 0 Å². The van der Waals surface area contributed by atoms with E-state index in [1.165, 1.54) is 38.2 Å². The predicted octanol–water partition coefficient (Wildman–Crippen LogP) is 17.6. The van der Waals surface area contributed by atoms with Gasteiger partial charge in [-0.15, -0.1) is 0 Å². The molecule has 0 amide bonds. The highest BCUT2D eigenvalue weighted by Crippen LogP contribution is 2.50. The SMILES string of the molecule is Clc1cccc(Sc2cc(-c3c4ccccc4c(-c4ccccc4)c4ccccc34)cc(N(c3cccc(Cl)c3)c3c(-c4ccccc4)cccc3-c3ccccc3)c2)c1. The van der Waals surface area contributed by atoms with Crippen LogP contribution in [0.15, 0.2) is 234 Å². The van der Waals surface area contributed by atoms with Crippen molar-refractivity contribution in [3.05, 3.63) is 235 Å². The van der Waals surface area contributed by atoms with E-state index in [1.54, 1.807) is 11.8 Å². The van der Waals surface area contributed by atoms with Crippen LogP contribution in [0, 0.1) is 0 Å². The lowest BCUT2D eigenvalue weighted by Gasteiger charge is -2.31. The zero-order chi connectivity index (χ0) is 40.4. The Morgan fingerprint density at radius 3 is 1.32 bits per heavy atom. The van der Waals surface area contributed by atoms with Crippen LogP contribution in [-0.4, -0.2) is 0 Å². The van der Waals surface area contributed by atoms with Crippen LogP contribution in [0.2, 0.25) is 10.0 Å². The number of hydrogen-bond donors (Lipinski definition) is 0. The van der Waals surface area contributed by atoms with Gasteiger partial charge in [0.15, 0.2) is 0 Å². The lowest BCUT2D eigenvalue weighted by Crippen LogP contribution is -2.13. The molecule has 0 N–H and O–H groups in total. The number of rotatable bonds is 9. The van der Waals surface area contributed by atoms with Crippen LogP contribution in [0.1, 0.15) is 0 Å². The quantitative estimate of drug-likeness (QED) is 0.133. The van der Waals surface area contributed by atoms with Crippen LogP contribution in [-0.2, 0) is 0 Å². The van der Waals surface area contributed by atoms with Gasteiger partial charge in [-0.2, -0.15) is 0 Å². The van der Waals surface area contributed by atoms with Gasteiger partial charge < -0.3 is 4.90 Å². The van der Waals surface area contributed by atoms with Gasteiger partial charge in [0.05, 0.1) is 5.69 Å². The zero-order valence-electron chi connectivity index (χ0n) is 32.5. The van der Waals surface area contributed by atoms with Crippen molar-refractivity contribution < 1.29 is 0 Å². The van der Waals surface area contributed by atoms with Crippen molar-refractivity contribution in [3.8, 4) is 44.5 Å². The van der Waals surface area contributed by atoms with Gasteiger partial charge in [-0.1, -0.05) is 205 Å². The molecule has 10 aromatic rings. The highest BCUT2D eigenvalue weighted by molar-refractivity contribution is 7.99. The second-order valence-electron chi connectivity index (χ2n) is 14.7. The van der Waals surface area contributed by atoms with Crippen molar-refractivity contribution in [1.29, 1.82) is 0 Å². The summed E-state index contributed by atoms with van der Waals surface area (Å²) in [5.41, 5.74) is 12.2. The van der Waals surface area contributed by atoms with Crippen molar-refractivity contribution >= 4 is 73.6 Å². The molecule has 10 rings (SSSR count). The summed E-state index contributed by atoms with van der Waals surface area (Å²) in [4.78, 5) is 4.53. The molecule has 0 fully saturated rings. The fraction of sp³-hybridized carbons (Fsp3) is 0. The molecule has 1 nitrogen and oxygen atoms in total. The lowest BCUT2D eigenvalue weighted by atomic mass is 9.86. The fourth-order valence-electron chi connectivity index (χ4n) is 8.45. The van der Waals surface area contributed by atoms with E-state index in [1.807, 2.05) is 30.3 Å². The molecule has 0 heterocycles. The molecule has 0 saturated carbocycles. The summed E-state index contributed by atoms with van der Waals surface area (Å²) in [5, 5.41) is 6.16. The summed E-state index contributed by atoms with van der Waals surface area (Å²) in [6, 6.07) is 79.6. The largest absolute Gasteiger partial charge is 0.309 e. The second kappa shape index (κ2) is 16.6. The van der Waals surface area contributed by atoms with Crippen molar-refractivity contribution in [2.24, 2.45) is 0 Å². The summed E-state index contributed by atoms with van der Waals surface area (Å²) in [6.07, 6.45) is 0. The van der Waals surface area contributed by atoms with Gasteiger partial charge in [-0.05, 0) is 110 Å². The van der Waals surface area contributed by atoms with Crippen LogP contribution < -0.4 is 4.90 Å². The highest BCUT2D eigenvalue weighted by Gasteiger charge is 2.25. The maximum atomic E-state index is 6.91. The number of nitrogens with zero attached hydrogens (tertiary/aromatic N) is 1. The molecule has 0 aliphatic carbocycles. The van der Waals surface area contributed by atoms with E-state index >= 15 is 0 Å². The van der Waals surface area contributed by atoms with E-state index in [0.717, 1.165) is 54.7 Å². The minimum Gasteiger partial charge on any atom is -0.309 e. The van der Waals surface area contributed by atoms with Gasteiger partial charge in [0, 0.05) is 42.3 Å². The molecule has 0 spiro atoms. The molecule has 10 aromatic carbocycles. The molecular formula is C56H37Cl2NS. The Hall–Kier alpha value is -6.55. The number of para-hydroxylation sites is 1. The van der Waals surface area contributed by atoms with Gasteiger partial charge in [-0.25, -0.2) is 0 Å². The predicted molar refractivity (Wildman–Crippen MR) is 258 cm³/mol. The maximum absolute atomic E-state index is 6.91. The Morgan fingerprint density at radius 2 is 0.783 bits per heavy atom. The van der Waals surface area contributed by atoms with Crippen LogP contribution in [0.5, 0.6) is 0 Å². The van der Waals surface area contributed by atoms with Crippen LogP contribution in [0.3, 0.4) is 0 Å². The Bertz CT molecular complexity index is 3030. The summed E-state index contributed by atoms with van der Waals surface area (Å²) < 4.78 is 0. The molecule has 0 radical (unpaired) electrons. The van der Waals surface area contributed by atoms with Crippen molar-refractivity contribution in [3.63, 3.8) is 0 Å². The van der Waals surface area contributed by atoms with E-state index in [0.29, 0.717) is 10.0 Å². The van der Waals surface area contributed by atoms with Crippen molar-refractivity contribution in [2.45, 2.75) is 9.79 Å². The molecule has 0 aliphatic heterocycles. The first-order chi connectivity index (χ1) is 29.6. The molecule has 286 valence electrons. The lowest BCUT2D eigenvalue weighted by molar-refractivity contribution is 1.26. The Balaban J connectivity index is 1.32. The van der Waals surface area contributed by atoms with Crippen LogP contribution >= 0.6 is 35.0 Å². The molecular weight excluding hydrogens is 790 g/mol. The monoisotopic (exact) mass is 825 g/mol. The Labute approximate surface area is 365 Å². The second-order valence-corrected chi connectivity index (χ2v) is 16.8. The molecule has 0 atom stereocenters. The third-order valence-electron chi connectivity index (χ3n) is 11.0. The number of anilines is 3. The molecule has 0 aliphatic rings. The first-order valence-corrected chi connectivity index (χ1v) is 21.5. The smallest absolute Gasteiger partial charge is 0.0618 e. The first kappa shape index (κ1) is 37.7. The average molecular weight is 827 g/mol. The third kappa shape index (κ3) is 7.35. The summed E-state index contributed by atoms with van der Waals surface area (Å²) in [5.74, 6) is 0. The Kier molecular flexibility index (Phi) is 10.4. The molecule has 0 unspecified atom stereocenters. The molecule has 0 bridgehead atoms. The van der Waals surface area contributed by atoms with Gasteiger partial charge >= 0.3 is 0 Å². The number of halogens is 2. The standard InChI is InChI=1S/C56H37Cl2NS/c57-42-23-14-25-44(35-42)59(56-48(38-17-4-1-5-18-38)31-16-32-49(56)39-19-6-2-7-20-39)45-33-41(34-47(37-45)60-46-26-15-24-43(58)36-46)55-52-29-12-10-27-50(52)54(40-21-8-3-9-22-40)51-28-11-13-30-53(51)55/h1-37H. The van der Waals surface area contributed by atoms with Crippen LogP contribution in [0.4, 0.5) is 17.1 Å². The van der Waals surface area contributed by atoms with Crippen molar-refractivity contribution in [1.82, 2.24) is 0 Å². The number of benzene rings is 10. The van der Waals surface area contributed by atoms with E-state index in [-0.39, 0.29) is 0 Å². The van der Waals surface area contributed by atoms with E-state index in [2.05, 4.69) is 199 Å². The van der Waals surface area contributed by atoms with Gasteiger partial charge in [0.2, 0.25) is 0 Å². The molecule has 60 heavy (non-hydrogen) atoms. The molecule has 4 heteroatoms.